The van der Waals surface area contributed by atoms with Crippen LogP contribution in [0.1, 0.15) is 122 Å². The zero-order valence-electron chi connectivity index (χ0n) is 21.6. The van der Waals surface area contributed by atoms with E-state index in [1.807, 2.05) is 0 Å². The van der Waals surface area contributed by atoms with E-state index < -0.39 is 35.8 Å². The molecule has 0 aromatic heterocycles. The van der Waals surface area contributed by atoms with Gasteiger partial charge in [-0.3, -0.25) is 28.8 Å². The van der Waals surface area contributed by atoms with E-state index in [-0.39, 0.29) is 38.5 Å². The second kappa shape index (κ2) is 29.1. The van der Waals surface area contributed by atoms with Crippen LogP contribution in [0.25, 0.3) is 0 Å². The van der Waals surface area contributed by atoms with Crippen molar-refractivity contribution >= 4 is 35.8 Å². The van der Waals surface area contributed by atoms with Gasteiger partial charge >= 0.3 is 35.8 Å². The van der Waals surface area contributed by atoms with Crippen molar-refractivity contribution in [3.05, 3.63) is 0 Å². The molecule has 0 aliphatic carbocycles. The Labute approximate surface area is 217 Å². The topological polar surface area (TPSA) is 224 Å². The Morgan fingerprint density at radius 3 is 0.459 bits per heavy atom. The molecule has 0 saturated heterocycles. The van der Waals surface area contributed by atoms with Gasteiger partial charge in [0.1, 0.15) is 0 Å². The van der Waals surface area contributed by atoms with Crippen LogP contribution in [0, 0.1) is 0 Å². The van der Waals surface area contributed by atoms with Crippen molar-refractivity contribution in [2.45, 2.75) is 122 Å². The van der Waals surface area contributed by atoms with Crippen molar-refractivity contribution in [2.24, 2.45) is 0 Å². The van der Waals surface area contributed by atoms with Crippen LogP contribution in [0.3, 0.4) is 0 Å². The molecule has 0 fully saturated rings. The summed E-state index contributed by atoms with van der Waals surface area (Å²) in [6, 6.07) is 0. The van der Waals surface area contributed by atoms with Crippen molar-refractivity contribution < 1.29 is 59.4 Å². The summed E-state index contributed by atoms with van der Waals surface area (Å²) < 4.78 is 0. The smallest absolute Gasteiger partial charge is 0.303 e. The number of aliphatic carboxylic acids is 6. The molecule has 0 atom stereocenters. The van der Waals surface area contributed by atoms with E-state index >= 15 is 0 Å². The van der Waals surface area contributed by atoms with E-state index in [9.17, 15) is 28.8 Å². The standard InChI is InChI=1S/C9H16O4.2C8H14O4/c10-8(11)6-4-2-1-3-5-7-9(12)13;2*9-7(10)5-3-1-2-4-6-8(11)12/h1-7H2,(H,10,11)(H,12,13);2*1-6H2,(H,9,10)(H,11,12). The van der Waals surface area contributed by atoms with Crippen LogP contribution in [0.4, 0.5) is 0 Å². The molecule has 0 bridgehead atoms. The molecule has 0 aliphatic rings. The number of carbonyl (C=O) groups is 6. The molecule has 0 spiro atoms. The normalized spacial score (nSPS) is 9.73. The van der Waals surface area contributed by atoms with Gasteiger partial charge in [-0.05, 0) is 38.5 Å². The molecule has 37 heavy (non-hydrogen) atoms. The molecule has 0 saturated carbocycles. The molecule has 0 radical (unpaired) electrons. The molecule has 0 unspecified atom stereocenters. The zero-order valence-corrected chi connectivity index (χ0v) is 21.6. The zero-order chi connectivity index (χ0) is 28.9. The van der Waals surface area contributed by atoms with Crippen LogP contribution >= 0.6 is 0 Å². The van der Waals surface area contributed by atoms with Gasteiger partial charge in [0.05, 0.1) is 0 Å². The summed E-state index contributed by atoms with van der Waals surface area (Å²) in [4.78, 5) is 60.4. The molecule has 0 amide bonds. The average Bonchev–Trinajstić information content (AvgIpc) is 2.77. The Balaban J connectivity index is -0.000000469. The first-order chi connectivity index (χ1) is 17.4. The predicted molar refractivity (Wildman–Crippen MR) is 134 cm³/mol. The Morgan fingerprint density at radius 2 is 0.351 bits per heavy atom. The first kappa shape index (κ1) is 38.4. The fourth-order valence-corrected chi connectivity index (χ4v) is 2.89. The van der Waals surface area contributed by atoms with Gasteiger partial charge in [-0.1, -0.05) is 44.9 Å². The molecule has 216 valence electrons. The molecule has 0 heterocycles. The van der Waals surface area contributed by atoms with E-state index in [0.717, 1.165) is 44.9 Å². The van der Waals surface area contributed by atoms with E-state index in [4.69, 9.17) is 30.6 Å². The average molecular weight is 537 g/mol. The third-order valence-corrected chi connectivity index (χ3v) is 4.84. The first-order valence-corrected chi connectivity index (χ1v) is 12.7. The maximum Gasteiger partial charge on any atom is 0.303 e. The minimum Gasteiger partial charge on any atom is -0.481 e. The molecule has 6 N–H and O–H groups in total. The van der Waals surface area contributed by atoms with Gasteiger partial charge in [0.2, 0.25) is 0 Å². The quantitative estimate of drug-likeness (QED) is 0.102. The summed E-state index contributed by atoms with van der Waals surface area (Å²) in [6.07, 6.45) is 11.1. The lowest BCUT2D eigenvalue weighted by Crippen LogP contribution is -1.95. The monoisotopic (exact) mass is 536 g/mol. The maximum absolute atomic E-state index is 10.1. The minimum absolute atomic E-state index is 0.188. The fraction of sp³-hybridized carbons (Fsp3) is 0.760. The molecular weight excluding hydrogens is 492 g/mol. The van der Waals surface area contributed by atoms with Gasteiger partial charge in [-0.25, -0.2) is 0 Å². The number of rotatable bonds is 22. The third kappa shape index (κ3) is 50.6. The lowest BCUT2D eigenvalue weighted by Gasteiger charge is -1.97. The summed E-state index contributed by atoms with van der Waals surface area (Å²) in [5.74, 6) is -4.65. The molecule has 12 heteroatoms. The second-order valence-corrected chi connectivity index (χ2v) is 8.46. The van der Waals surface area contributed by atoms with Gasteiger partial charge in [-0.2, -0.15) is 0 Å². The van der Waals surface area contributed by atoms with Crippen LogP contribution in [0.5, 0.6) is 0 Å². The maximum atomic E-state index is 10.1. The summed E-state index contributed by atoms with van der Waals surface area (Å²) in [5.41, 5.74) is 0. The largest absolute Gasteiger partial charge is 0.481 e. The lowest BCUT2D eigenvalue weighted by atomic mass is 10.1. The Kier molecular flexibility index (Phi) is 30.1. The van der Waals surface area contributed by atoms with Gasteiger partial charge in [0.25, 0.3) is 0 Å². The van der Waals surface area contributed by atoms with Crippen LogP contribution in [-0.2, 0) is 28.8 Å². The fourth-order valence-electron chi connectivity index (χ4n) is 2.89. The highest BCUT2D eigenvalue weighted by atomic mass is 16.4. The summed E-state index contributed by atoms with van der Waals surface area (Å²) in [7, 11) is 0. The summed E-state index contributed by atoms with van der Waals surface area (Å²) in [6.45, 7) is 0. The number of unbranched alkanes of at least 4 members (excludes halogenated alkanes) is 10. The summed E-state index contributed by atoms with van der Waals surface area (Å²) in [5, 5.41) is 49.7. The van der Waals surface area contributed by atoms with Gasteiger partial charge in [-0.15, -0.1) is 0 Å². The van der Waals surface area contributed by atoms with Crippen molar-refractivity contribution in [2.75, 3.05) is 0 Å². The Bertz CT molecular complexity index is 556. The number of carboxylic acid groups (broad SMARTS) is 6. The molecule has 0 rings (SSSR count). The minimum atomic E-state index is -0.784. The van der Waals surface area contributed by atoms with Crippen LogP contribution in [-0.4, -0.2) is 66.5 Å². The second-order valence-electron chi connectivity index (χ2n) is 8.46. The number of hydrogen-bond donors (Lipinski definition) is 6. The van der Waals surface area contributed by atoms with Gasteiger partial charge in [0.15, 0.2) is 0 Å². The molecule has 0 aliphatic heterocycles. The van der Waals surface area contributed by atoms with E-state index in [0.29, 0.717) is 38.5 Å². The van der Waals surface area contributed by atoms with Gasteiger partial charge in [0, 0.05) is 38.5 Å². The highest BCUT2D eigenvalue weighted by Crippen LogP contribution is 2.07. The number of carboxylic acids is 6. The van der Waals surface area contributed by atoms with Crippen molar-refractivity contribution in [1.29, 1.82) is 0 Å². The molecule has 12 nitrogen and oxygen atoms in total. The highest BCUT2D eigenvalue weighted by molar-refractivity contribution is 5.68. The van der Waals surface area contributed by atoms with Crippen LogP contribution in [0.2, 0.25) is 0 Å². The Morgan fingerprint density at radius 1 is 0.243 bits per heavy atom. The summed E-state index contributed by atoms with van der Waals surface area (Å²) >= 11 is 0. The molecule has 0 aromatic carbocycles. The van der Waals surface area contributed by atoms with Crippen molar-refractivity contribution in [1.82, 2.24) is 0 Å². The Hall–Kier alpha value is -3.18. The van der Waals surface area contributed by atoms with E-state index in [1.165, 1.54) is 0 Å². The molecule has 0 aromatic rings. The van der Waals surface area contributed by atoms with Crippen molar-refractivity contribution in [3.8, 4) is 0 Å². The highest BCUT2D eigenvalue weighted by Gasteiger charge is 2.00. The first-order valence-electron chi connectivity index (χ1n) is 12.7. The van der Waals surface area contributed by atoms with E-state index in [1.54, 1.807) is 0 Å². The molecular formula is C25H44O12. The van der Waals surface area contributed by atoms with Crippen molar-refractivity contribution in [3.63, 3.8) is 0 Å². The third-order valence-electron chi connectivity index (χ3n) is 4.84. The van der Waals surface area contributed by atoms with Crippen LogP contribution in [0.15, 0.2) is 0 Å². The SMILES string of the molecule is O=C(O)CCCCCCC(=O)O.O=C(O)CCCCCCC(=O)O.O=C(O)CCCCCCCC(=O)O. The number of hydrogen-bond acceptors (Lipinski definition) is 6. The predicted octanol–water partition coefficient (Wildman–Crippen LogP) is 4.88. The van der Waals surface area contributed by atoms with Gasteiger partial charge < -0.3 is 30.6 Å². The lowest BCUT2D eigenvalue weighted by molar-refractivity contribution is -0.138. The van der Waals surface area contributed by atoms with E-state index in [2.05, 4.69) is 0 Å². The van der Waals surface area contributed by atoms with Crippen LogP contribution < -0.4 is 0 Å².